The minimum absolute atomic E-state index is 0.0832. The molecule has 1 atom stereocenters. The van der Waals surface area contributed by atoms with Gasteiger partial charge in [-0.2, -0.15) is 13.5 Å². The summed E-state index contributed by atoms with van der Waals surface area (Å²) in [5, 5.41) is 6.93. The lowest BCUT2D eigenvalue weighted by molar-refractivity contribution is 0.251. The second kappa shape index (κ2) is 9.95. The van der Waals surface area contributed by atoms with Gasteiger partial charge in [0.1, 0.15) is 11.5 Å². The molecule has 0 aromatic carbocycles. The van der Waals surface area contributed by atoms with Crippen molar-refractivity contribution in [2.75, 3.05) is 29.8 Å². The summed E-state index contributed by atoms with van der Waals surface area (Å²) >= 11 is 0. The number of anilines is 2. The smallest absolute Gasteiger partial charge is 0.334 e. The van der Waals surface area contributed by atoms with Crippen LogP contribution in [0.4, 0.5) is 16.2 Å². The zero-order valence-corrected chi connectivity index (χ0v) is 20.3. The number of carbonyl (C=O) groups excluding carboxylic acids is 1. The predicted molar refractivity (Wildman–Crippen MR) is 124 cm³/mol. The first-order valence-electron chi connectivity index (χ1n) is 11.1. The highest BCUT2D eigenvalue weighted by Crippen LogP contribution is 2.26. The third-order valence-electron chi connectivity index (χ3n) is 5.56. The minimum atomic E-state index is -4.19. The number of aromatic nitrogens is 2. The zero-order valence-electron chi connectivity index (χ0n) is 19.5. The van der Waals surface area contributed by atoms with Crippen LogP contribution in [0.1, 0.15) is 58.1 Å². The number of amides is 2. The van der Waals surface area contributed by atoms with Crippen LogP contribution in [0.2, 0.25) is 0 Å². The number of furan rings is 1. The van der Waals surface area contributed by atoms with E-state index in [0.29, 0.717) is 42.9 Å². The van der Waals surface area contributed by atoms with Gasteiger partial charge in [-0.3, -0.25) is 4.68 Å². The molecule has 2 amide bonds. The average Bonchev–Trinajstić information content (AvgIpc) is 3.34. The molecule has 2 N–H and O–H groups in total. The molecule has 10 nitrogen and oxygen atoms in total. The maximum absolute atomic E-state index is 13.4. The number of carbonyl (C=O) groups is 1. The van der Waals surface area contributed by atoms with E-state index in [1.807, 2.05) is 34.7 Å². The van der Waals surface area contributed by atoms with Crippen LogP contribution in [-0.2, 0) is 23.1 Å². The van der Waals surface area contributed by atoms with Gasteiger partial charge in [0.15, 0.2) is 0 Å². The van der Waals surface area contributed by atoms with Crippen molar-refractivity contribution in [1.29, 1.82) is 0 Å². The van der Waals surface area contributed by atoms with E-state index in [-0.39, 0.29) is 12.1 Å². The van der Waals surface area contributed by atoms with E-state index in [9.17, 15) is 13.2 Å². The molecule has 2 aromatic heterocycles. The Hall–Kier alpha value is -2.53. The quantitative estimate of drug-likeness (QED) is 0.618. The first kappa shape index (κ1) is 24.1. The van der Waals surface area contributed by atoms with E-state index in [0.717, 1.165) is 18.7 Å². The molecule has 3 heterocycles. The van der Waals surface area contributed by atoms with E-state index in [2.05, 4.69) is 20.0 Å². The maximum atomic E-state index is 13.4. The lowest BCUT2D eigenvalue weighted by Gasteiger charge is -2.37. The van der Waals surface area contributed by atoms with Crippen molar-refractivity contribution < 1.29 is 17.6 Å². The molecule has 0 bridgehead atoms. The van der Waals surface area contributed by atoms with Gasteiger partial charge in [-0.15, -0.1) is 0 Å². The molecule has 32 heavy (non-hydrogen) atoms. The van der Waals surface area contributed by atoms with Crippen LogP contribution in [0.15, 0.2) is 22.9 Å². The summed E-state index contributed by atoms with van der Waals surface area (Å²) in [4.78, 5) is 14.8. The largest absolute Gasteiger partial charge is 0.464 e. The first-order chi connectivity index (χ1) is 15.1. The minimum Gasteiger partial charge on any atom is -0.464 e. The van der Waals surface area contributed by atoms with E-state index in [4.69, 9.17) is 4.42 Å². The second-order valence-electron chi connectivity index (χ2n) is 8.44. The number of rotatable bonds is 8. The summed E-state index contributed by atoms with van der Waals surface area (Å²) < 4.78 is 37.7. The fourth-order valence-electron chi connectivity index (χ4n) is 3.94. The van der Waals surface area contributed by atoms with Crippen molar-refractivity contribution in [3.05, 3.63) is 30.0 Å². The van der Waals surface area contributed by atoms with Gasteiger partial charge >= 0.3 is 16.2 Å². The van der Waals surface area contributed by atoms with Gasteiger partial charge in [-0.05, 0) is 40.3 Å². The molecule has 0 spiro atoms. The molecule has 178 valence electrons. The normalized spacial score (nSPS) is 17.5. The van der Waals surface area contributed by atoms with Gasteiger partial charge < -0.3 is 14.6 Å². The van der Waals surface area contributed by atoms with Crippen molar-refractivity contribution >= 4 is 27.6 Å². The Bertz CT molecular complexity index is 1030. The van der Waals surface area contributed by atoms with Crippen LogP contribution in [0, 0.1) is 0 Å². The Morgan fingerprint density at radius 2 is 2.09 bits per heavy atom. The van der Waals surface area contributed by atoms with Crippen LogP contribution in [-0.4, -0.2) is 55.3 Å². The standard InChI is InChI=1S/C21H34N6O4S/c1-6-18-11-19(20(7-2)31-18)23-21(28)24-32(29,30)27(16-9-8-10-25(5)13-16)17-12-22-26(14-17)15(3)4/h11-12,14-16H,6-10,13H2,1-5H3,(H2,23,24,28)/t16-/m1/s1. The van der Waals surface area contributed by atoms with Crippen LogP contribution >= 0.6 is 0 Å². The van der Waals surface area contributed by atoms with Crippen LogP contribution in [0.25, 0.3) is 0 Å². The summed E-state index contributed by atoms with van der Waals surface area (Å²) in [6, 6.07) is 0.676. The maximum Gasteiger partial charge on any atom is 0.334 e. The van der Waals surface area contributed by atoms with Gasteiger partial charge in [0.2, 0.25) is 0 Å². The Balaban J connectivity index is 1.85. The van der Waals surface area contributed by atoms with E-state index in [1.165, 1.54) is 10.5 Å². The van der Waals surface area contributed by atoms with E-state index in [1.54, 1.807) is 16.9 Å². The zero-order chi connectivity index (χ0) is 23.5. The fraction of sp³-hybridized carbons (Fsp3) is 0.619. The number of likely N-dealkylation sites (tertiary alicyclic amines) is 1. The van der Waals surface area contributed by atoms with Crippen LogP contribution < -0.4 is 14.3 Å². The van der Waals surface area contributed by atoms with Gasteiger partial charge in [0.05, 0.1) is 23.6 Å². The van der Waals surface area contributed by atoms with Crippen molar-refractivity contribution in [3.63, 3.8) is 0 Å². The van der Waals surface area contributed by atoms with Gasteiger partial charge in [0.25, 0.3) is 0 Å². The molecule has 2 aromatic rings. The molecule has 1 fully saturated rings. The van der Waals surface area contributed by atoms with Crippen molar-refractivity contribution in [2.45, 2.75) is 65.5 Å². The molecule has 0 radical (unpaired) electrons. The molecule has 0 aliphatic carbocycles. The van der Waals surface area contributed by atoms with Crippen molar-refractivity contribution in [2.24, 2.45) is 0 Å². The summed E-state index contributed by atoms with van der Waals surface area (Å²) in [7, 11) is -2.22. The number of aryl methyl sites for hydroxylation is 2. The predicted octanol–water partition coefficient (Wildman–Crippen LogP) is 3.15. The summed E-state index contributed by atoms with van der Waals surface area (Å²) in [5.41, 5.74) is 0.916. The highest BCUT2D eigenvalue weighted by molar-refractivity contribution is 7.91. The monoisotopic (exact) mass is 466 g/mol. The molecule has 1 aliphatic heterocycles. The SMILES string of the molecule is CCc1cc(NC(=O)NS(=O)(=O)N(c2cnn(C(C)C)c2)[C@@H]2CCCN(C)C2)c(CC)o1. The van der Waals surface area contributed by atoms with Crippen LogP contribution in [0.5, 0.6) is 0 Å². The summed E-state index contributed by atoms with van der Waals surface area (Å²) in [6.45, 7) is 9.27. The van der Waals surface area contributed by atoms with E-state index >= 15 is 0 Å². The molecule has 0 unspecified atom stereocenters. The van der Waals surface area contributed by atoms with Gasteiger partial charge in [-0.1, -0.05) is 13.8 Å². The van der Waals surface area contributed by atoms with Gasteiger partial charge in [-0.25, -0.2) is 13.8 Å². The molecule has 1 aliphatic rings. The third kappa shape index (κ3) is 5.44. The van der Waals surface area contributed by atoms with Crippen LogP contribution in [0.3, 0.4) is 0 Å². The molecule has 0 saturated carbocycles. The molecular weight excluding hydrogens is 432 g/mol. The Labute approximate surface area is 190 Å². The topological polar surface area (TPSA) is 113 Å². The number of likely N-dealkylation sites (N-methyl/N-ethyl adjacent to an activating group) is 1. The van der Waals surface area contributed by atoms with Crippen molar-refractivity contribution in [1.82, 2.24) is 19.4 Å². The highest BCUT2D eigenvalue weighted by atomic mass is 32.2. The Kier molecular flexibility index (Phi) is 7.50. The van der Waals surface area contributed by atoms with Gasteiger partial charge in [0, 0.05) is 37.7 Å². The average molecular weight is 467 g/mol. The number of piperidine rings is 1. The Morgan fingerprint density at radius 3 is 2.69 bits per heavy atom. The Morgan fingerprint density at radius 1 is 1.34 bits per heavy atom. The number of urea groups is 1. The third-order valence-corrected chi connectivity index (χ3v) is 7.03. The number of nitrogens with one attached hydrogen (secondary N) is 2. The second-order valence-corrected chi connectivity index (χ2v) is 9.99. The van der Waals surface area contributed by atoms with Crippen molar-refractivity contribution in [3.8, 4) is 0 Å². The number of hydrogen-bond acceptors (Lipinski definition) is 6. The summed E-state index contributed by atoms with van der Waals surface area (Å²) in [5.74, 6) is 1.34. The first-order valence-corrected chi connectivity index (χ1v) is 12.6. The number of hydrogen-bond donors (Lipinski definition) is 2. The molecule has 1 saturated heterocycles. The molecule has 11 heteroatoms. The highest BCUT2D eigenvalue weighted by Gasteiger charge is 2.35. The molecule has 3 rings (SSSR count). The summed E-state index contributed by atoms with van der Waals surface area (Å²) in [6.07, 6.45) is 6.06. The lowest BCUT2D eigenvalue weighted by Crippen LogP contribution is -2.54. The number of nitrogens with zero attached hydrogens (tertiary/aromatic N) is 4. The lowest BCUT2D eigenvalue weighted by atomic mass is 10.1. The fourth-order valence-corrected chi connectivity index (χ4v) is 5.26. The van der Waals surface area contributed by atoms with E-state index < -0.39 is 16.2 Å². The molecular formula is C21H34N6O4S.